The van der Waals surface area contributed by atoms with Crippen molar-refractivity contribution in [3.05, 3.63) is 59.4 Å². The molecule has 3 nitrogen and oxygen atoms in total. The first-order valence-electron chi connectivity index (χ1n) is 7.23. The van der Waals surface area contributed by atoms with Crippen LogP contribution in [0.15, 0.2) is 42.7 Å². The van der Waals surface area contributed by atoms with Gasteiger partial charge in [-0.1, -0.05) is 24.3 Å². The molecule has 0 bridgehead atoms. The molecule has 0 saturated carbocycles. The molecular weight excluding hydrogens is 248 g/mol. The molecule has 104 valence electrons. The van der Waals surface area contributed by atoms with Gasteiger partial charge in [-0.15, -0.1) is 0 Å². The molecule has 2 heterocycles. The lowest BCUT2D eigenvalue weighted by Crippen LogP contribution is -2.17. The van der Waals surface area contributed by atoms with Crippen molar-refractivity contribution in [3.63, 3.8) is 0 Å². The molecule has 3 rings (SSSR count). The quantitative estimate of drug-likeness (QED) is 0.927. The Morgan fingerprint density at radius 1 is 1.25 bits per heavy atom. The van der Waals surface area contributed by atoms with E-state index in [9.17, 15) is 0 Å². The number of fused-ring (bicyclic) bond motifs is 1. The molecule has 1 unspecified atom stereocenters. The van der Waals surface area contributed by atoms with E-state index in [0.717, 1.165) is 43.6 Å². The number of rotatable bonds is 4. The van der Waals surface area contributed by atoms with Gasteiger partial charge in [0.1, 0.15) is 5.75 Å². The summed E-state index contributed by atoms with van der Waals surface area (Å²) in [4.78, 5) is 4.14. The van der Waals surface area contributed by atoms with Gasteiger partial charge in [0.05, 0.1) is 6.61 Å². The maximum absolute atomic E-state index is 6.37. The van der Waals surface area contributed by atoms with Crippen LogP contribution in [0, 0.1) is 0 Å². The summed E-state index contributed by atoms with van der Waals surface area (Å²) in [5.41, 5.74) is 10.0. The van der Waals surface area contributed by atoms with Crippen LogP contribution in [0.1, 0.15) is 35.6 Å². The number of benzene rings is 1. The minimum Gasteiger partial charge on any atom is -0.493 e. The SMILES string of the molecule is NC(CCc1cccnc1)c1cccc2c1OCCC2. The van der Waals surface area contributed by atoms with Gasteiger partial charge in [-0.3, -0.25) is 4.98 Å². The molecule has 0 aliphatic carbocycles. The van der Waals surface area contributed by atoms with Gasteiger partial charge in [-0.05, 0) is 42.9 Å². The molecule has 1 aromatic carbocycles. The van der Waals surface area contributed by atoms with Crippen LogP contribution in [-0.4, -0.2) is 11.6 Å². The topological polar surface area (TPSA) is 48.1 Å². The van der Waals surface area contributed by atoms with E-state index in [1.54, 1.807) is 6.20 Å². The Kier molecular flexibility index (Phi) is 3.97. The van der Waals surface area contributed by atoms with Crippen LogP contribution in [0.25, 0.3) is 0 Å². The van der Waals surface area contributed by atoms with E-state index >= 15 is 0 Å². The lowest BCUT2D eigenvalue weighted by Gasteiger charge is -2.23. The van der Waals surface area contributed by atoms with E-state index in [2.05, 4.69) is 29.2 Å². The van der Waals surface area contributed by atoms with Crippen molar-refractivity contribution in [2.45, 2.75) is 31.7 Å². The average molecular weight is 268 g/mol. The van der Waals surface area contributed by atoms with Crippen LogP contribution < -0.4 is 10.5 Å². The zero-order chi connectivity index (χ0) is 13.8. The highest BCUT2D eigenvalue weighted by atomic mass is 16.5. The fourth-order valence-electron chi connectivity index (χ4n) is 2.73. The predicted molar refractivity (Wildman–Crippen MR) is 79.7 cm³/mol. The Balaban J connectivity index is 1.72. The van der Waals surface area contributed by atoms with Crippen LogP contribution >= 0.6 is 0 Å². The number of pyridine rings is 1. The zero-order valence-electron chi connectivity index (χ0n) is 11.6. The van der Waals surface area contributed by atoms with Crippen molar-refractivity contribution in [2.24, 2.45) is 5.73 Å². The number of hydrogen-bond donors (Lipinski definition) is 1. The number of aryl methyl sites for hydroxylation is 2. The molecule has 1 atom stereocenters. The van der Waals surface area contributed by atoms with Gasteiger partial charge in [-0.2, -0.15) is 0 Å². The summed E-state index contributed by atoms with van der Waals surface area (Å²) in [6.07, 6.45) is 7.75. The zero-order valence-corrected chi connectivity index (χ0v) is 11.6. The molecule has 1 aromatic heterocycles. The standard InChI is InChI=1S/C17H20N2O/c18-16(9-8-13-4-2-10-19-12-13)15-7-1-5-14-6-3-11-20-17(14)15/h1-2,4-5,7,10,12,16H,3,6,8-9,11,18H2. The number of hydrogen-bond acceptors (Lipinski definition) is 3. The van der Waals surface area contributed by atoms with Crippen molar-refractivity contribution >= 4 is 0 Å². The van der Waals surface area contributed by atoms with Crippen molar-refractivity contribution in [2.75, 3.05) is 6.61 Å². The summed E-state index contributed by atoms with van der Waals surface area (Å²) in [6, 6.07) is 10.4. The molecule has 2 N–H and O–H groups in total. The molecule has 0 saturated heterocycles. The minimum atomic E-state index is 0.0169. The Bertz CT molecular complexity index is 568. The first-order valence-corrected chi connectivity index (χ1v) is 7.23. The molecule has 0 spiro atoms. The van der Waals surface area contributed by atoms with E-state index in [0.29, 0.717) is 0 Å². The normalized spacial score (nSPS) is 15.2. The van der Waals surface area contributed by atoms with E-state index in [4.69, 9.17) is 10.5 Å². The smallest absolute Gasteiger partial charge is 0.127 e. The van der Waals surface area contributed by atoms with Crippen LogP contribution in [0.3, 0.4) is 0 Å². The maximum Gasteiger partial charge on any atom is 0.127 e. The van der Waals surface area contributed by atoms with Crippen LogP contribution in [0.4, 0.5) is 0 Å². The second-order valence-corrected chi connectivity index (χ2v) is 5.29. The monoisotopic (exact) mass is 268 g/mol. The minimum absolute atomic E-state index is 0.0169. The molecule has 20 heavy (non-hydrogen) atoms. The number of para-hydroxylation sites is 1. The van der Waals surface area contributed by atoms with Gasteiger partial charge >= 0.3 is 0 Å². The van der Waals surface area contributed by atoms with Crippen molar-refractivity contribution in [1.29, 1.82) is 0 Å². The second-order valence-electron chi connectivity index (χ2n) is 5.29. The Labute approximate surface area is 119 Å². The lowest BCUT2D eigenvalue weighted by molar-refractivity contribution is 0.283. The number of aromatic nitrogens is 1. The summed E-state index contributed by atoms with van der Waals surface area (Å²) < 4.78 is 5.84. The average Bonchev–Trinajstić information content (AvgIpc) is 2.53. The summed E-state index contributed by atoms with van der Waals surface area (Å²) in [5, 5.41) is 0. The van der Waals surface area contributed by atoms with E-state index in [-0.39, 0.29) is 6.04 Å². The van der Waals surface area contributed by atoms with E-state index in [1.165, 1.54) is 11.1 Å². The Morgan fingerprint density at radius 3 is 3.05 bits per heavy atom. The molecule has 0 radical (unpaired) electrons. The highest BCUT2D eigenvalue weighted by Gasteiger charge is 2.18. The van der Waals surface area contributed by atoms with Crippen molar-refractivity contribution in [1.82, 2.24) is 4.98 Å². The first-order chi connectivity index (χ1) is 9.84. The summed E-state index contributed by atoms with van der Waals surface area (Å²) in [5.74, 6) is 1.03. The second kappa shape index (κ2) is 6.06. The third kappa shape index (κ3) is 2.83. The highest BCUT2D eigenvalue weighted by molar-refractivity contribution is 5.44. The molecular formula is C17H20N2O. The molecule has 1 aliphatic rings. The summed E-state index contributed by atoms with van der Waals surface area (Å²) in [6.45, 7) is 0.805. The third-order valence-electron chi connectivity index (χ3n) is 3.83. The Morgan fingerprint density at radius 2 is 2.20 bits per heavy atom. The molecule has 1 aliphatic heterocycles. The van der Waals surface area contributed by atoms with Gasteiger partial charge in [-0.25, -0.2) is 0 Å². The first kappa shape index (κ1) is 13.1. The van der Waals surface area contributed by atoms with Gasteiger partial charge in [0.25, 0.3) is 0 Å². The molecule has 2 aromatic rings. The van der Waals surface area contributed by atoms with Crippen molar-refractivity contribution < 1.29 is 4.74 Å². The predicted octanol–water partition coefficient (Wildman–Crippen LogP) is 3.04. The number of nitrogens with two attached hydrogens (primary N) is 1. The maximum atomic E-state index is 6.37. The van der Waals surface area contributed by atoms with Crippen LogP contribution in [0.5, 0.6) is 5.75 Å². The molecule has 0 fully saturated rings. The van der Waals surface area contributed by atoms with Crippen molar-refractivity contribution in [3.8, 4) is 5.75 Å². The van der Waals surface area contributed by atoms with Crippen LogP contribution in [0.2, 0.25) is 0 Å². The Hall–Kier alpha value is -1.87. The van der Waals surface area contributed by atoms with Gasteiger partial charge < -0.3 is 10.5 Å². The van der Waals surface area contributed by atoms with E-state index in [1.807, 2.05) is 12.3 Å². The number of nitrogens with zero attached hydrogens (tertiary/aromatic N) is 1. The summed E-state index contributed by atoms with van der Waals surface area (Å²) in [7, 11) is 0. The summed E-state index contributed by atoms with van der Waals surface area (Å²) >= 11 is 0. The largest absolute Gasteiger partial charge is 0.493 e. The fraction of sp³-hybridized carbons (Fsp3) is 0.353. The lowest BCUT2D eigenvalue weighted by atomic mass is 9.95. The van der Waals surface area contributed by atoms with Gasteiger partial charge in [0.2, 0.25) is 0 Å². The van der Waals surface area contributed by atoms with Crippen LogP contribution in [-0.2, 0) is 12.8 Å². The molecule has 0 amide bonds. The fourth-order valence-corrected chi connectivity index (χ4v) is 2.73. The number of ether oxygens (including phenoxy) is 1. The van der Waals surface area contributed by atoms with Gasteiger partial charge in [0.15, 0.2) is 0 Å². The van der Waals surface area contributed by atoms with E-state index < -0.39 is 0 Å². The van der Waals surface area contributed by atoms with Gasteiger partial charge in [0, 0.05) is 24.0 Å². The molecule has 3 heteroatoms. The third-order valence-corrected chi connectivity index (χ3v) is 3.83. The highest BCUT2D eigenvalue weighted by Crippen LogP contribution is 2.33.